The van der Waals surface area contributed by atoms with Crippen LogP contribution in [-0.4, -0.2) is 43.5 Å². The van der Waals surface area contributed by atoms with Gasteiger partial charge in [-0.1, -0.05) is 38.1 Å². The molecule has 160 valence electrons. The van der Waals surface area contributed by atoms with Crippen LogP contribution in [0.1, 0.15) is 37.3 Å². The molecule has 1 aliphatic rings. The molecule has 6 nitrogen and oxygen atoms in total. The van der Waals surface area contributed by atoms with Gasteiger partial charge in [0.05, 0.1) is 19.6 Å². The van der Waals surface area contributed by atoms with Gasteiger partial charge in [-0.25, -0.2) is 0 Å². The lowest BCUT2D eigenvalue weighted by atomic mass is 10.0. The summed E-state index contributed by atoms with van der Waals surface area (Å²) in [6.07, 6.45) is 0.250. The molecule has 1 atom stereocenters. The Balaban J connectivity index is 1.40. The van der Waals surface area contributed by atoms with Crippen molar-refractivity contribution in [3.63, 3.8) is 0 Å². The predicted molar refractivity (Wildman–Crippen MR) is 116 cm³/mol. The fourth-order valence-corrected chi connectivity index (χ4v) is 3.49. The molecule has 1 heterocycles. The minimum absolute atomic E-state index is 0.00691. The molecule has 2 aromatic carbocycles. The van der Waals surface area contributed by atoms with Crippen molar-refractivity contribution >= 4 is 11.8 Å². The van der Waals surface area contributed by atoms with Crippen LogP contribution in [0.15, 0.2) is 48.5 Å². The molecular weight excluding hydrogens is 380 g/mol. The van der Waals surface area contributed by atoms with Gasteiger partial charge in [0.1, 0.15) is 18.1 Å². The number of benzene rings is 2. The van der Waals surface area contributed by atoms with Gasteiger partial charge in [0.15, 0.2) is 0 Å². The summed E-state index contributed by atoms with van der Waals surface area (Å²) in [6.45, 7) is 6.04. The van der Waals surface area contributed by atoms with Crippen LogP contribution in [-0.2, 0) is 16.1 Å². The van der Waals surface area contributed by atoms with Crippen LogP contribution >= 0.6 is 0 Å². The standard InChI is InChI=1S/C24H30N2O4/c1-17(2)19-6-10-22(11-7-19)30-13-12-25-24(28)20-14-23(27)26(16-20)15-18-4-8-21(29-3)9-5-18/h4-11,17,20H,12-16H2,1-3H3,(H,25,28). The summed E-state index contributed by atoms with van der Waals surface area (Å²) < 4.78 is 10.8. The number of nitrogens with one attached hydrogen (secondary N) is 1. The van der Waals surface area contributed by atoms with Crippen molar-refractivity contribution in [2.24, 2.45) is 5.92 Å². The van der Waals surface area contributed by atoms with Crippen molar-refractivity contribution in [1.29, 1.82) is 0 Å². The number of amides is 2. The third-order valence-corrected chi connectivity index (χ3v) is 5.33. The molecular formula is C24H30N2O4. The van der Waals surface area contributed by atoms with Gasteiger partial charge in [0.2, 0.25) is 11.8 Å². The average molecular weight is 411 g/mol. The van der Waals surface area contributed by atoms with Crippen LogP contribution in [0, 0.1) is 5.92 Å². The maximum atomic E-state index is 12.4. The maximum Gasteiger partial charge on any atom is 0.225 e. The summed E-state index contributed by atoms with van der Waals surface area (Å²) in [5, 5.41) is 2.89. The predicted octanol–water partition coefficient (Wildman–Crippen LogP) is 3.36. The van der Waals surface area contributed by atoms with E-state index < -0.39 is 0 Å². The molecule has 1 unspecified atom stereocenters. The van der Waals surface area contributed by atoms with E-state index in [-0.39, 0.29) is 24.2 Å². The van der Waals surface area contributed by atoms with Crippen LogP contribution in [0.4, 0.5) is 0 Å². The fourth-order valence-electron chi connectivity index (χ4n) is 3.49. The summed E-state index contributed by atoms with van der Waals surface area (Å²) >= 11 is 0. The first-order valence-electron chi connectivity index (χ1n) is 10.4. The second kappa shape index (κ2) is 10.1. The van der Waals surface area contributed by atoms with E-state index in [1.165, 1.54) is 5.56 Å². The van der Waals surface area contributed by atoms with E-state index >= 15 is 0 Å². The Kier molecular flexibility index (Phi) is 7.33. The molecule has 2 amide bonds. The molecule has 0 aliphatic carbocycles. The molecule has 1 saturated heterocycles. The average Bonchev–Trinajstić information content (AvgIpc) is 3.12. The Morgan fingerprint density at radius 1 is 1.10 bits per heavy atom. The molecule has 0 aromatic heterocycles. The summed E-state index contributed by atoms with van der Waals surface area (Å²) in [7, 11) is 1.62. The van der Waals surface area contributed by atoms with E-state index in [4.69, 9.17) is 9.47 Å². The van der Waals surface area contributed by atoms with Crippen molar-refractivity contribution in [2.75, 3.05) is 26.8 Å². The van der Waals surface area contributed by atoms with E-state index in [0.29, 0.717) is 32.2 Å². The second-order valence-electron chi connectivity index (χ2n) is 7.89. The summed E-state index contributed by atoms with van der Waals surface area (Å²) in [5.74, 6) is 1.64. The zero-order valence-corrected chi connectivity index (χ0v) is 17.9. The molecule has 3 rings (SSSR count). The Morgan fingerprint density at radius 2 is 1.77 bits per heavy atom. The van der Waals surface area contributed by atoms with Gasteiger partial charge >= 0.3 is 0 Å². The number of hydrogen-bond acceptors (Lipinski definition) is 4. The number of rotatable bonds is 9. The van der Waals surface area contributed by atoms with Gasteiger partial charge in [-0.2, -0.15) is 0 Å². The van der Waals surface area contributed by atoms with Crippen LogP contribution in [0.3, 0.4) is 0 Å². The van der Waals surface area contributed by atoms with Crippen LogP contribution in [0.2, 0.25) is 0 Å². The molecule has 0 bridgehead atoms. The van der Waals surface area contributed by atoms with Crippen molar-refractivity contribution < 1.29 is 19.1 Å². The highest BCUT2D eigenvalue weighted by Gasteiger charge is 2.34. The molecule has 2 aromatic rings. The Hall–Kier alpha value is -3.02. The lowest BCUT2D eigenvalue weighted by Gasteiger charge is -2.17. The second-order valence-corrected chi connectivity index (χ2v) is 7.89. The number of likely N-dealkylation sites (tertiary alicyclic amines) is 1. The molecule has 0 radical (unpaired) electrons. The van der Waals surface area contributed by atoms with E-state index in [1.807, 2.05) is 36.4 Å². The zero-order valence-electron chi connectivity index (χ0n) is 17.9. The highest BCUT2D eigenvalue weighted by atomic mass is 16.5. The SMILES string of the molecule is COc1ccc(CN2CC(C(=O)NCCOc3ccc(C(C)C)cc3)CC2=O)cc1. The van der Waals surface area contributed by atoms with E-state index in [0.717, 1.165) is 17.1 Å². The van der Waals surface area contributed by atoms with Gasteiger partial charge in [0, 0.05) is 19.5 Å². The third-order valence-electron chi connectivity index (χ3n) is 5.33. The normalized spacial score (nSPS) is 16.1. The minimum Gasteiger partial charge on any atom is -0.497 e. The first kappa shape index (κ1) is 21.7. The monoisotopic (exact) mass is 410 g/mol. The van der Waals surface area contributed by atoms with Gasteiger partial charge < -0.3 is 19.7 Å². The Bertz CT molecular complexity index is 847. The zero-order chi connectivity index (χ0) is 21.5. The van der Waals surface area contributed by atoms with Gasteiger partial charge in [-0.15, -0.1) is 0 Å². The molecule has 6 heteroatoms. The molecule has 1 fully saturated rings. The van der Waals surface area contributed by atoms with Crippen molar-refractivity contribution in [3.05, 3.63) is 59.7 Å². The number of carbonyl (C=O) groups excluding carboxylic acids is 2. The number of ether oxygens (including phenoxy) is 2. The van der Waals surface area contributed by atoms with Crippen LogP contribution in [0.5, 0.6) is 11.5 Å². The molecule has 1 aliphatic heterocycles. The van der Waals surface area contributed by atoms with Gasteiger partial charge in [-0.3, -0.25) is 9.59 Å². The lowest BCUT2D eigenvalue weighted by Crippen LogP contribution is -2.35. The van der Waals surface area contributed by atoms with Gasteiger partial charge in [-0.05, 0) is 41.3 Å². The number of nitrogens with zero attached hydrogens (tertiary/aromatic N) is 1. The topological polar surface area (TPSA) is 67.9 Å². The summed E-state index contributed by atoms with van der Waals surface area (Å²) in [4.78, 5) is 26.5. The smallest absolute Gasteiger partial charge is 0.225 e. The molecule has 0 spiro atoms. The minimum atomic E-state index is -0.318. The first-order valence-corrected chi connectivity index (χ1v) is 10.4. The van der Waals surface area contributed by atoms with E-state index in [2.05, 4.69) is 31.3 Å². The van der Waals surface area contributed by atoms with Crippen LogP contribution < -0.4 is 14.8 Å². The summed E-state index contributed by atoms with van der Waals surface area (Å²) in [6, 6.07) is 15.6. The number of hydrogen-bond donors (Lipinski definition) is 1. The van der Waals surface area contributed by atoms with Crippen LogP contribution in [0.25, 0.3) is 0 Å². The fraction of sp³-hybridized carbons (Fsp3) is 0.417. The molecule has 0 saturated carbocycles. The van der Waals surface area contributed by atoms with Crippen molar-refractivity contribution in [1.82, 2.24) is 10.2 Å². The third kappa shape index (κ3) is 5.75. The maximum absolute atomic E-state index is 12.4. The van der Waals surface area contributed by atoms with E-state index in [1.54, 1.807) is 12.0 Å². The summed E-state index contributed by atoms with van der Waals surface area (Å²) in [5.41, 5.74) is 2.28. The lowest BCUT2D eigenvalue weighted by molar-refractivity contribution is -0.129. The van der Waals surface area contributed by atoms with Crippen molar-refractivity contribution in [3.8, 4) is 11.5 Å². The molecule has 30 heavy (non-hydrogen) atoms. The Morgan fingerprint density at radius 3 is 2.40 bits per heavy atom. The number of methoxy groups -OCH3 is 1. The number of carbonyl (C=O) groups is 2. The highest BCUT2D eigenvalue weighted by molar-refractivity contribution is 5.89. The highest BCUT2D eigenvalue weighted by Crippen LogP contribution is 2.22. The van der Waals surface area contributed by atoms with Gasteiger partial charge in [0.25, 0.3) is 0 Å². The molecule has 1 N–H and O–H groups in total. The quantitative estimate of drug-likeness (QED) is 0.644. The Labute approximate surface area is 178 Å². The van der Waals surface area contributed by atoms with Crippen molar-refractivity contribution in [2.45, 2.75) is 32.7 Å². The largest absolute Gasteiger partial charge is 0.497 e. The van der Waals surface area contributed by atoms with E-state index in [9.17, 15) is 9.59 Å². The first-order chi connectivity index (χ1) is 14.5.